The Morgan fingerprint density at radius 1 is 1.29 bits per heavy atom. The zero-order valence-corrected chi connectivity index (χ0v) is 11.2. The molecule has 0 aromatic heterocycles. The molecule has 102 valence electrons. The fourth-order valence-corrected chi connectivity index (χ4v) is 2.67. The molecule has 3 atom stereocenters. The van der Waals surface area contributed by atoms with Crippen LogP contribution >= 0.6 is 0 Å². The number of hydrogen-bond acceptors (Lipinski definition) is 4. The van der Waals surface area contributed by atoms with Gasteiger partial charge in [0.25, 0.3) is 0 Å². The van der Waals surface area contributed by atoms with Crippen molar-refractivity contribution < 1.29 is 10.2 Å². The molecule has 0 radical (unpaired) electrons. The maximum absolute atomic E-state index is 9.08. The van der Waals surface area contributed by atoms with Gasteiger partial charge in [-0.25, -0.2) is 0 Å². The van der Waals surface area contributed by atoms with Crippen molar-refractivity contribution in [2.24, 2.45) is 5.92 Å². The molecule has 1 aliphatic rings. The van der Waals surface area contributed by atoms with E-state index < -0.39 is 0 Å². The quantitative estimate of drug-likeness (QED) is 0.608. The first-order valence-electron chi connectivity index (χ1n) is 6.90. The summed E-state index contributed by atoms with van der Waals surface area (Å²) in [6.45, 7) is 7.81. The molecule has 0 amide bonds. The number of aliphatic hydroxyl groups excluding tert-OH is 2. The summed E-state index contributed by atoms with van der Waals surface area (Å²) in [6.07, 6.45) is 3.18. The summed E-state index contributed by atoms with van der Waals surface area (Å²) in [5.41, 5.74) is 0. The Hall–Kier alpha value is -0.160. The number of hydrogen-bond donors (Lipinski definition) is 3. The summed E-state index contributed by atoms with van der Waals surface area (Å²) in [5.74, 6) is 0.582. The van der Waals surface area contributed by atoms with Gasteiger partial charge in [0.2, 0.25) is 0 Å². The second kappa shape index (κ2) is 8.03. The fourth-order valence-electron chi connectivity index (χ4n) is 2.67. The number of rotatable bonds is 7. The predicted molar refractivity (Wildman–Crippen MR) is 70.0 cm³/mol. The van der Waals surface area contributed by atoms with Gasteiger partial charge in [0.05, 0.1) is 6.61 Å². The average molecular weight is 244 g/mol. The molecule has 0 bridgehead atoms. The van der Waals surface area contributed by atoms with E-state index in [0.29, 0.717) is 24.5 Å². The van der Waals surface area contributed by atoms with E-state index in [2.05, 4.69) is 24.1 Å². The first-order valence-corrected chi connectivity index (χ1v) is 6.90. The van der Waals surface area contributed by atoms with Crippen LogP contribution in [-0.2, 0) is 0 Å². The maximum Gasteiger partial charge on any atom is 0.0556 e. The van der Waals surface area contributed by atoms with Crippen LogP contribution in [-0.4, -0.2) is 60.0 Å². The van der Waals surface area contributed by atoms with Crippen LogP contribution in [0, 0.1) is 5.92 Å². The van der Waals surface area contributed by atoms with Crippen LogP contribution < -0.4 is 5.32 Å². The molecular formula is C13H28N2O2. The van der Waals surface area contributed by atoms with Gasteiger partial charge >= 0.3 is 0 Å². The smallest absolute Gasteiger partial charge is 0.0556 e. The van der Waals surface area contributed by atoms with Crippen LogP contribution in [0.25, 0.3) is 0 Å². The summed E-state index contributed by atoms with van der Waals surface area (Å²) >= 11 is 0. The monoisotopic (exact) mass is 244 g/mol. The Morgan fingerprint density at radius 3 is 2.65 bits per heavy atom. The van der Waals surface area contributed by atoms with Crippen LogP contribution in [0.5, 0.6) is 0 Å². The SMILES string of the molecule is CCC(C)N1CC(CCO)CC(NCCO)C1. The van der Waals surface area contributed by atoms with Gasteiger partial charge in [-0.3, -0.25) is 4.90 Å². The van der Waals surface area contributed by atoms with Crippen molar-refractivity contribution in [2.45, 2.75) is 45.2 Å². The molecule has 0 aromatic carbocycles. The van der Waals surface area contributed by atoms with Crippen molar-refractivity contribution in [3.8, 4) is 0 Å². The van der Waals surface area contributed by atoms with Crippen LogP contribution in [0.2, 0.25) is 0 Å². The zero-order chi connectivity index (χ0) is 12.7. The van der Waals surface area contributed by atoms with Gasteiger partial charge in [0, 0.05) is 38.3 Å². The summed E-state index contributed by atoms with van der Waals surface area (Å²) in [6, 6.07) is 1.07. The lowest BCUT2D eigenvalue weighted by Crippen LogP contribution is -2.52. The first-order chi connectivity index (χ1) is 8.21. The second-order valence-electron chi connectivity index (χ2n) is 5.20. The molecular weight excluding hydrogens is 216 g/mol. The molecule has 0 aromatic rings. The summed E-state index contributed by atoms with van der Waals surface area (Å²) in [5, 5.41) is 21.4. The normalized spacial score (nSPS) is 28.2. The van der Waals surface area contributed by atoms with Gasteiger partial charge < -0.3 is 15.5 Å². The zero-order valence-electron chi connectivity index (χ0n) is 11.2. The van der Waals surface area contributed by atoms with E-state index in [9.17, 15) is 0 Å². The van der Waals surface area contributed by atoms with Gasteiger partial charge in [-0.2, -0.15) is 0 Å². The van der Waals surface area contributed by atoms with Gasteiger partial charge in [0.1, 0.15) is 0 Å². The van der Waals surface area contributed by atoms with Crippen LogP contribution in [0.3, 0.4) is 0 Å². The van der Waals surface area contributed by atoms with Gasteiger partial charge in [-0.1, -0.05) is 6.92 Å². The third-order valence-electron chi connectivity index (χ3n) is 3.86. The van der Waals surface area contributed by atoms with E-state index >= 15 is 0 Å². The van der Waals surface area contributed by atoms with E-state index in [1.165, 1.54) is 6.42 Å². The van der Waals surface area contributed by atoms with Crippen molar-refractivity contribution >= 4 is 0 Å². The van der Waals surface area contributed by atoms with E-state index in [1.54, 1.807) is 0 Å². The van der Waals surface area contributed by atoms with Crippen molar-refractivity contribution in [3.63, 3.8) is 0 Å². The van der Waals surface area contributed by atoms with E-state index in [0.717, 1.165) is 25.9 Å². The molecule has 17 heavy (non-hydrogen) atoms. The lowest BCUT2D eigenvalue weighted by atomic mass is 9.90. The molecule has 1 aliphatic heterocycles. The first kappa shape index (κ1) is 14.9. The predicted octanol–water partition coefficient (Wildman–Crippen LogP) is 0.440. The third kappa shape index (κ3) is 4.92. The Balaban J connectivity index is 2.49. The number of aliphatic hydroxyl groups is 2. The standard InChI is InChI=1S/C13H28N2O2/c1-3-11(2)15-9-12(4-6-16)8-13(10-15)14-5-7-17/h11-14,16-17H,3-10H2,1-2H3. The highest BCUT2D eigenvalue weighted by Gasteiger charge is 2.28. The highest BCUT2D eigenvalue weighted by Crippen LogP contribution is 2.22. The Morgan fingerprint density at radius 2 is 2.06 bits per heavy atom. The fraction of sp³-hybridized carbons (Fsp3) is 1.00. The minimum atomic E-state index is 0.199. The van der Waals surface area contributed by atoms with Crippen LogP contribution in [0.1, 0.15) is 33.1 Å². The molecule has 1 heterocycles. The topological polar surface area (TPSA) is 55.7 Å². The summed E-state index contributed by atoms with van der Waals surface area (Å²) in [4.78, 5) is 2.51. The van der Waals surface area contributed by atoms with Crippen molar-refractivity contribution in [1.82, 2.24) is 10.2 Å². The second-order valence-corrected chi connectivity index (χ2v) is 5.20. The largest absolute Gasteiger partial charge is 0.396 e. The van der Waals surface area contributed by atoms with Gasteiger partial charge in [-0.05, 0) is 32.1 Å². The molecule has 1 saturated heterocycles. The Kier molecular flexibility index (Phi) is 7.04. The Labute approximate surface area is 105 Å². The highest BCUT2D eigenvalue weighted by molar-refractivity contribution is 4.85. The molecule has 1 rings (SSSR count). The lowest BCUT2D eigenvalue weighted by molar-refractivity contribution is 0.0871. The van der Waals surface area contributed by atoms with Crippen molar-refractivity contribution in [2.75, 3.05) is 32.8 Å². The molecule has 4 nitrogen and oxygen atoms in total. The number of nitrogens with zero attached hydrogens (tertiary/aromatic N) is 1. The number of nitrogens with one attached hydrogen (secondary N) is 1. The highest BCUT2D eigenvalue weighted by atomic mass is 16.3. The maximum atomic E-state index is 9.08. The summed E-state index contributed by atoms with van der Waals surface area (Å²) in [7, 11) is 0. The van der Waals surface area contributed by atoms with E-state index in [1.807, 2.05) is 0 Å². The van der Waals surface area contributed by atoms with E-state index in [4.69, 9.17) is 10.2 Å². The molecule has 3 N–H and O–H groups in total. The number of piperidine rings is 1. The van der Waals surface area contributed by atoms with E-state index in [-0.39, 0.29) is 13.2 Å². The van der Waals surface area contributed by atoms with Gasteiger partial charge in [-0.15, -0.1) is 0 Å². The molecule has 0 spiro atoms. The minimum Gasteiger partial charge on any atom is -0.396 e. The van der Waals surface area contributed by atoms with Crippen molar-refractivity contribution in [1.29, 1.82) is 0 Å². The van der Waals surface area contributed by atoms with Crippen molar-refractivity contribution in [3.05, 3.63) is 0 Å². The average Bonchev–Trinajstić information content (AvgIpc) is 2.35. The molecule has 1 fully saturated rings. The number of likely N-dealkylation sites (tertiary alicyclic amines) is 1. The lowest BCUT2D eigenvalue weighted by Gasteiger charge is -2.41. The molecule has 0 aliphatic carbocycles. The Bertz CT molecular complexity index is 202. The van der Waals surface area contributed by atoms with Crippen LogP contribution in [0.4, 0.5) is 0 Å². The molecule has 4 heteroatoms. The van der Waals surface area contributed by atoms with Crippen LogP contribution in [0.15, 0.2) is 0 Å². The minimum absolute atomic E-state index is 0.199. The molecule has 0 saturated carbocycles. The summed E-state index contributed by atoms with van der Waals surface area (Å²) < 4.78 is 0. The third-order valence-corrected chi connectivity index (χ3v) is 3.86. The molecule has 3 unspecified atom stereocenters. The van der Waals surface area contributed by atoms with Gasteiger partial charge in [0.15, 0.2) is 0 Å².